The van der Waals surface area contributed by atoms with Gasteiger partial charge in [-0.05, 0) is 41.7 Å². The third-order valence-electron chi connectivity index (χ3n) is 7.08. The van der Waals surface area contributed by atoms with Crippen molar-refractivity contribution >= 4 is 23.3 Å². The number of aromatic nitrogens is 1. The molecule has 1 unspecified atom stereocenters. The predicted molar refractivity (Wildman–Crippen MR) is 149 cm³/mol. The van der Waals surface area contributed by atoms with Crippen molar-refractivity contribution in [3.8, 4) is 17.0 Å². The molecule has 1 aromatic carbocycles. The molecule has 7 nitrogen and oxygen atoms in total. The standard InChI is InChI=1S/C29H43N3O4S/c1-17(2)23(26(34)36-9)31-27(35)32-12-10-18(11-13-32)25-30-22(16-37-25)19-14-20(28(3,4)5)24(33)21(15-19)29(6,7)8/h14-18,23,33H,10-13H2,1-9H3,(H,31,35). The van der Waals surface area contributed by atoms with Gasteiger partial charge in [0, 0.05) is 41.1 Å². The van der Waals surface area contributed by atoms with Gasteiger partial charge in [-0.3, -0.25) is 0 Å². The molecule has 2 N–H and O–H groups in total. The molecule has 2 aromatic rings. The van der Waals surface area contributed by atoms with Crippen molar-refractivity contribution in [2.45, 2.75) is 91.0 Å². The lowest BCUT2D eigenvalue weighted by atomic mass is 9.78. The Kier molecular flexibility index (Phi) is 8.62. The minimum atomic E-state index is -0.655. The van der Waals surface area contributed by atoms with Crippen LogP contribution in [0.1, 0.15) is 90.3 Å². The second-order valence-electron chi connectivity index (χ2n) is 12.4. The number of thiazole rings is 1. The highest BCUT2D eigenvalue weighted by atomic mass is 32.1. The van der Waals surface area contributed by atoms with Gasteiger partial charge < -0.3 is 20.1 Å². The van der Waals surface area contributed by atoms with Gasteiger partial charge in [0.2, 0.25) is 0 Å². The van der Waals surface area contributed by atoms with Crippen LogP contribution in [0.2, 0.25) is 0 Å². The molecule has 0 saturated carbocycles. The van der Waals surface area contributed by atoms with Gasteiger partial charge in [-0.2, -0.15) is 0 Å². The number of urea groups is 1. The van der Waals surface area contributed by atoms with Crippen LogP contribution >= 0.6 is 11.3 Å². The van der Waals surface area contributed by atoms with E-state index in [-0.39, 0.29) is 28.7 Å². The largest absolute Gasteiger partial charge is 0.507 e. The van der Waals surface area contributed by atoms with Crippen LogP contribution in [0.3, 0.4) is 0 Å². The Balaban J connectivity index is 1.75. The Morgan fingerprint density at radius 3 is 2.08 bits per heavy atom. The van der Waals surface area contributed by atoms with Crippen molar-refractivity contribution in [2.75, 3.05) is 20.2 Å². The van der Waals surface area contributed by atoms with Crippen LogP contribution in [-0.2, 0) is 20.4 Å². The van der Waals surface area contributed by atoms with E-state index in [1.165, 1.54) is 7.11 Å². The summed E-state index contributed by atoms with van der Waals surface area (Å²) in [4.78, 5) is 31.6. The number of nitrogens with one attached hydrogen (secondary N) is 1. The van der Waals surface area contributed by atoms with Crippen LogP contribution < -0.4 is 5.32 Å². The van der Waals surface area contributed by atoms with E-state index in [4.69, 9.17) is 9.72 Å². The molecule has 1 atom stereocenters. The highest BCUT2D eigenvalue weighted by Gasteiger charge is 2.31. The molecule has 0 bridgehead atoms. The van der Waals surface area contributed by atoms with E-state index >= 15 is 0 Å². The fourth-order valence-corrected chi connectivity index (χ4v) is 5.71. The summed E-state index contributed by atoms with van der Waals surface area (Å²) in [6, 6.07) is 3.26. The van der Waals surface area contributed by atoms with E-state index in [1.807, 2.05) is 13.8 Å². The topological polar surface area (TPSA) is 91.8 Å². The minimum absolute atomic E-state index is 0.0554. The van der Waals surface area contributed by atoms with Crippen molar-refractivity contribution < 1.29 is 19.4 Å². The molecule has 37 heavy (non-hydrogen) atoms. The average Bonchev–Trinajstić information content (AvgIpc) is 3.30. The van der Waals surface area contributed by atoms with E-state index in [0.717, 1.165) is 40.2 Å². The highest BCUT2D eigenvalue weighted by molar-refractivity contribution is 7.10. The summed E-state index contributed by atoms with van der Waals surface area (Å²) in [5, 5.41) is 17.1. The number of piperidine rings is 1. The Bertz CT molecular complexity index is 1080. The summed E-state index contributed by atoms with van der Waals surface area (Å²) in [5.74, 6) is 0.176. The maximum atomic E-state index is 12.8. The van der Waals surface area contributed by atoms with Gasteiger partial charge in [0.15, 0.2) is 0 Å². The number of likely N-dealkylation sites (tertiary alicyclic amines) is 1. The van der Waals surface area contributed by atoms with Gasteiger partial charge in [-0.25, -0.2) is 14.6 Å². The van der Waals surface area contributed by atoms with Gasteiger partial charge in [0.05, 0.1) is 17.8 Å². The lowest BCUT2D eigenvalue weighted by Gasteiger charge is -2.32. The van der Waals surface area contributed by atoms with Crippen LogP contribution in [-0.4, -0.2) is 53.2 Å². The predicted octanol–water partition coefficient (Wildman–Crippen LogP) is 6.20. The van der Waals surface area contributed by atoms with Gasteiger partial charge in [0.25, 0.3) is 0 Å². The fourth-order valence-electron chi connectivity index (χ4n) is 4.71. The number of carbonyl (C=O) groups is 2. The molecule has 1 saturated heterocycles. The van der Waals surface area contributed by atoms with Crippen LogP contribution in [0.5, 0.6) is 5.75 Å². The van der Waals surface area contributed by atoms with E-state index in [0.29, 0.717) is 18.8 Å². The second kappa shape index (κ2) is 11.0. The normalized spacial score (nSPS) is 16.1. The second-order valence-corrected chi connectivity index (χ2v) is 13.3. The average molecular weight is 530 g/mol. The zero-order valence-corrected chi connectivity index (χ0v) is 24.6. The Morgan fingerprint density at radius 1 is 1.08 bits per heavy atom. The number of phenolic OH excluding ortho intramolecular Hbond substituents is 1. The number of nitrogens with zero attached hydrogens (tertiary/aromatic N) is 2. The van der Waals surface area contributed by atoms with Gasteiger partial charge in [-0.15, -0.1) is 11.3 Å². The molecule has 1 aliphatic rings. The molecule has 2 heterocycles. The number of rotatable bonds is 5. The number of methoxy groups -OCH3 is 1. The lowest BCUT2D eigenvalue weighted by Crippen LogP contribution is -2.52. The number of ether oxygens (including phenoxy) is 1. The maximum Gasteiger partial charge on any atom is 0.328 e. The van der Waals surface area contributed by atoms with E-state index in [2.05, 4.69) is 64.4 Å². The van der Waals surface area contributed by atoms with E-state index in [9.17, 15) is 14.7 Å². The smallest absolute Gasteiger partial charge is 0.328 e. The first-order chi connectivity index (χ1) is 17.1. The number of amides is 2. The number of aromatic hydroxyl groups is 1. The third-order valence-corrected chi connectivity index (χ3v) is 8.08. The molecule has 0 aliphatic carbocycles. The Hall–Kier alpha value is -2.61. The van der Waals surface area contributed by atoms with Crippen molar-refractivity contribution in [1.82, 2.24) is 15.2 Å². The summed E-state index contributed by atoms with van der Waals surface area (Å²) < 4.78 is 4.84. The molecule has 1 fully saturated rings. The van der Waals surface area contributed by atoms with Crippen LogP contribution in [0.25, 0.3) is 11.3 Å². The molecule has 2 amide bonds. The molecular formula is C29H43N3O4S. The van der Waals surface area contributed by atoms with E-state index in [1.54, 1.807) is 16.2 Å². The van der Waals surface area contributed by atoms with Crippen LogP contribution in [0, 0.1) is 5.92 Å². The van der Waals surface area contributed by atoms with Gasteiger partial charge in [0.1, 0.15) is 11.8 Å². The monoisotopic (exact) mass is 529 g/mol. The summed E-state index contributed by atoms with van der Waals surface area (Å²) in [7, 11) is 1.34. The summed E-state index contributed by atoms with van der Waals surface area (Å²) in [6.45, 7) is 17.7. The van der Waals surface area contributed by atoms with Crippen molar-refractivity contribution in [1.29, 1.82) is 0 Å². The molecule has 1 aromatic heterocycles. The first kappa shape index (κ1) is 29.0. The summed E-state index contributed by atoms with van der Waals surface area (Å²) in [6.07, 6.45) is 1.64. The molecular weight excluding hydrogens is 486 g/mol. The maximum absolute atomic E-state index is 12.8. The lowest BCUT2D eigenvalue weighted by molar-refractivity contribution is -0.144. The molecule has 8 heteroatoms. The zero-order chi connectivity index (χ0) is 27.7. The number of benzene rings is 1. The first-order valence-electron chi connectivity index (χ1n) is 13.1. The fraction of sp³-hybridized carbons (Fsp3) is 0.621. The van der Waals surface area contributed by atoms with Crippen molar-refractivity contribution in [3.63, 3.8) is 0 Å². The Morgan fingerprint density at radius 2 is 1.62 bits per heavy atom. The van der Waals surface area contributed by atoms with Crippen molar-refractivity contribution in [2.24, 2.45) is 5.92 Å². The number of phenols is 1. The zero-order valence-electron chi connectivity index (χ0n) is 23.8. The number of hydrogen-bond donors (Lipinski definition) is 2. The first-order valence-corrected chi connectivity index (χ1v) is 14.0. The molecule has 0 spiro atoms. The quantitative estimate of drug-likeness (QED) is 0.450. The van der Waals surface area contributed by atoms with E-state index < -0.39 is 12.0 Å². The molecule has 0 radical (unpaired) electrons. The minimum Gasteiger partial charge on any atom is -0.507 e. The molecule has 3 rings (SSSR count). The Labute approximate surface area is 225 Å². The van der Waals surface area contributed by atoms with Gasteiger partial charge in [-0.1, -0.05) is 55.4 Å². The molecule has 204 valence electrons. The number of hydrogen-bond acceptors (Lipinski definition) is 6. The summed E-state index contributed by atoms with van der Waals surface area (Å²) >= 11 is 1.66. The molecule has 1 aliphatic heterocycles. The SMILES string of the molecule is COC(=O)C(NC(=O)N1CCC(c2nc(-c3cc(C(C)(C)C)c(O)c(C(C)(C)C)c3)cs2)CC1)C(C)C. The number of esters is 1. The van der Waals surface area contributed by atoms with Gasteiger partial charge >= 0.3 is 12.0 Å². The third kappa shape index (κ3) is 6.64. The van der Waals surface area contributed by atoms with Crippen LogP contribution in [0.15, 0.2) is 17.5 Å². The summed E-state index contributed by atoms with van der Waals surface area (Å²) in [5.41, 5.74) is 3.40. The van der Waals surface area contributed by atoms with Crippen molar-refractivity contribution in [3.05, 3.63) is 33.6 Å². The number of carbonyl (C=O) groups excluding carboxylic acids is 2. The van der Waals surface area contributed by atoms with Crippen LogP contribution in [0.4, 0.5) is 4.79 Å². The highest BCUT2D eigenvalue weighted by Crippen LogP contribution is 2.42.